The molecule has 0 radical (unpaired) electrons. The van der Waals surface area contributed by atoms with Gasteiger partial charge < -0.3 is 10.0 Å². The highest BCUT2D eigenvalue weighted by atomic mass is 35.5. The number of aliphatic hydroxyl groups excluding tert-OH is 1. The minimum Gasteiger partial charge on any atom is -0.381 e. The lowest BCUT2D eigenvalue weighted by Crippen LogP contribution is -2.37. The summed E-state index contributed by atoms with van der Waals surface area (Å²) < 4.78 is 0. The molecule has 0 aromatic rings. The van der Waals surface area contributed by atoms with Gasteiger partial charge in [0.1, 0.15) is 11.5 Å². The summed E-state index contributed by atoms with van der Waals surface area (Å²) in [5, 5.41) is 19.3. The van der Waals surface area contributed by atoms with E-state index < -0.39 is 0 Å². The molecule has 0 aromatic heterocycles. The van der Waals surface area contributed by atoms with Gasteiger partial charge in [0.25, 0.3) is 0 Å². The van der Waals surface area contributed by atoms with Crippen LogP contribution in [0.1, 0.15) is 34.1 Å². The molecule has 0 bridgehead atoms. The molecule has 2 aliphatic heterocycles. The van der Waals surface area contributed by atoms with Crippen molar-refractivity contribution < 1.29 is 5.11 Å². The van der Waals surface area contributed by atoms with E-state index in [1.54, 1.807) is 0 Å². The van der Waals surface area contributed by atoms with Crippen molar-refractivity contribution in [1.29, 1.82) is 0 Å². The molecule has 20 heavy (non-hydrogen) atoms. The topological polar surface area (TPSA) is 50.9 Å². The van der Waals surface area contributed by atoms with Gasteiger partial charge in [-0.05, 0) is 26.3 Å². The standard InChI is InChI=1S/C14H23ClN4O/c1-5-12-10(2)6-13(19(17-12)7-11(3)15)18-8-14(18,4)16-9-20/h6-7,10,16,20H,5,8-9H2,1-4H3/b11-7-. The summed E-state index contributed by atoms with van der Waals surface area (Å²) in [6.45, 7) is 8.96. The smallest absolute Gasteiger partial charge is 0.128 e. The second kappa shape index (κ2) is 5.76. The first-order valence-corrected chi connectivity index (χ1v) is 7.35. The van der Waals surface area contributed by atoms with Gasteiger partial charge in [-0.3, -0.25) is 5.32 Å². The van der Waals surface area contributed by atoms with E-state index in [2.05, 4.69) is 42.2 Å². The SMILES string of the molecule is CCC1=NN(/C=C(/C)Cl)C(N2CC2(C)NCO)=CC1C. The Hall–Kier alpha value is -1.04. The first-order chi connectivity index (χ1) is 9.41. The first kappa shape index (κ1) is 15.4. The molecule has 2 heterocycles. The number of hydrogen-bond donors (Lipinski definition) is 2. The predicted octanol–water partition coefficient (Wildman–Crippen LogP) is 2.22. The summed E-state index contributed by atoms with van der Waals surface area (Å²) in [4.78, 5) is 2.17. The molecule has 1 saturated heterocycles. The van der Waals surface area contributed by atoms with Crippen molar-refractivity contribution >= 4 is 17.3 Å². The third-order valence-corrected chi connectivity index (χ3v) is 3.85. The lowest BCUT2D eigenvalue weighted by Gasteiger charge is -2.29. The molecular weight excluding hydrogens is 276 g/mol. The average molecular weight is 299 g/mol. The Morgan fingerprint density at radius 3 is 2.95 bits per heavy atom. The first-order valence-electron chi connectivity index (χ1n) is 6.97. The molecule has 5 nitrogen and oxygen atoms in total. The van der Waals surface area contributed by atoms with Crippen LogP contribution >= 0.6 is 11.6 Å². The third kappa shape index (κ3) is 3.00. The minimum absolute atomic E-state index is 0.0380. The summed E-state index contributed by atoms with van der Waals surface area (Å²) in [6, 6.07) is 0. The van der Waals surface area contributed by atoms with E-state index in [4.69, 9.17) is 16.7 Å². The molecule has 2 N–H and O–H groups in total. The molecule has 2 aliphatic rings. The highest BCUT2D eigenvalue weighted by Crippen LogP contribution is 2.37. The molecule has 0 saturated carbocycles. The summed E-state index contributed by atoms with van der Waals surface area (Å²) in [5.74, 6) is 1.33. The van der Waals surface area contributed by atoms with Gasteiger partial charge in [-0.15, -0.1) is 0 Å². The second-order valence-corrected chi connectivity index (χ2v) is 6.11. The number of nitrogens with one attached hydrogen (secondary N) is 1. The number of rotatable bonds is 5. The molecule has 112 valence electrons. The fourth-order valence-electron chi connectivity index (χ4n) is 2.47. The van der Waals surface area contributed by atoms with E-state index >= 15 is 0 Å². The van der Waals surface area contributed by atoms with Crippen LogP contribution in [0.3, 0.4) is 0 Å². The largest absolute Gasteiger partial charge is 0.381 e. The van der Waals surface area contributed by atoms with Crippen molar-refractivity contribution in [2.24, 2.45) is 11.0 Å². The Labute approximate surface area is 125 Å². The molecule has 0 aromatic carbocycles. The van der Waals surface area contributed by atoms with Crippen LogP contribution in [-0.2, 0) is 0 Å². The van der Waals surface area contributed by atoms with Crippen molar-refractivity contribution in [3.63, 3.8) is 0 Å². The quantitative estimate of drug-likeness (QED) is 0.604. The summed E-state index contributed by atoms with van der Waals surface area (Å²) in [5.41, 5.74) is 0.938. The van der Waals surface area contributed by atoms with Crippen LogP contribution in [0, 0.1) is 5.92 Å². The molecule has 6 heteroatoms. The number of halogens is 1. The molecule has 2 unspecified atom stereocenters. The maximum atomic E-state index is 9.07. The Kier molecular flexibility index (Phi) is 4.42. The van der Waals surface area contributed by atoms with Crippen molar-refractivity contribution in [1.82, 2.24) is 15.2 Å². The van der Waals surface area contributed by atoms with Gasteiger partial charge in [-0.2, -0.15) is 5.10 Å². The van der Waals surface area contributed by atoms with Gasteiger partial charge in [-0.1, -0.05) is 25.4 Å². The molecule has 0 spiro atoms. The summed E-state index contributed by atoms with van der Waals surface area (Å²) in [6.07, 6.45) is 4.95. The molecule has 0 aliphatic carbocycles. The zero-order valence-electron chi connectivity index (χ0n) is 12.5. The predicted molar refractivity (Wildman–Crippen MR) is 81.8 cm³/mol. The number of nitrogens with zero attached hydrogens (tertiary/aromatic N) is 3. The fourth-order valence-corrected chi connectivity index (χ4v) is 2.57. The highest BCUT2D eigenvalue weighted by molar-refractivity contribution is 6.29. The van der Waals surface area contributed by atoms with Crippen LogP contribution in [0.2, 0.25) is 0 Å². The number of aliphatic hydroxyl groups is 1. The van der Waals surface area contributed by atoms with E-state index in [1.807, 2.05) is 18.1 Å². The summed E-state index contributed by atoms with van der Waals surface area (Å²) in [7, 11) is 0. The molecule has 1 fully saturated rings. The van der Waals surface area contributed by atoms with Crippen molar-refractivity contribution in [2.45, 2.75) is 39.8 Å². The van der Waals surface area contributed by atoms with Gasteiger partial charge in [0.15, 0.2) is 0 Å². The average Bonchev–Trinajstić information content (AvgIpc) is 3.02. The maximum Gasteiger partial charge on any atom is 0.128 e. The fraction of sp³-hybridized carbons (Fsp3) is 0.643. The Bertz CT molecular complexity index is 470. The molecule has 2 atom stereocenters. The molecule has 2 rings (SSSR count). The van der Waals surface area contributed by atoms with Crippen molar-refractivity contribution in [3.05, 3.63) is 23.1 Å². The zero-order chi connectivity index (χ0) is 14.9. The van der Waals surface area contributed by atoms with Crippen LogP contribution in [0.25, 0.3) is 0 Å². The Morgan fingerprint density at radius 2 is 2.40 bits per heavy atom. The van der Waals surface area contributed by atoms with Gasteiger partial charge in [0.2, 0.25) is 0 Å². The van der Waals surface area contributed by atoms with Crippen molar-refractivity contribution in [2.75, 3.05) is 13.3 Å². The second-order valence-electron chi connectivity index (χ2n) is 5.51. The van der Waals surface area contributed by atoms with E-state index in [0.29, 0.717) is 11.0 Å². The Morgan fingerprint density at radius 1 is 1.70 bits per heavy atom. The third-order valence-electron chi connectivity index (χ3n) is 3.75. The lowest BCUT2D eigenvalue weighted by atomic mass is 10.0. The van der Waals surface area contributed by atoms with Crippen LogP contribution in [0.15, 0.2) is 28.2 Å². The van der Waals surface area contributed by atoms with E-state index in [9.17, 15) is 0 Å². The van der Waals surface area contributed by atoms with Crippen LogP contribution in [-0.4, -0.2) is 39.7 Å². The maximum absolute atomic E-state index is 9.07. The monoisotopic (exact) mass is 298 g/mol. The summed E-state index contributed by atoms with van der Waals surface area (Å²) >= 11 is 6.01. The van der Waals surface area contributed by atoms with E-state index in [0.717, 1.165) is 24.5 Å². The van der Waals surface area contributed by atoms with Gasteiger partial charge in [0, 0.05) is 22.9 Å². The number of hydrazone groups is 1. The van der Waals surface area contributed by atoms with Gasteiger partial charge in [0.05, 0.1) is 13.3 Å². The highest BCUT2D eigenvalue weighted by Gasteiger charge is 2.50. The zero-order valence-corrected chi connectivity index (χ0v) is 13.3. The van der Waals surface area contributed by atoms with E-state index in [1.165, 1.54) is 0 Å². The van der Waals surface area contributed by atoms with Crippen LogP contribution < -0.4 is 5.32 Å². The molecular formula is C14H23ClN4O. The number of allylic oxidation sites excluding steroid dienone is 2. The number of hydrogen-bond acceptors (Lipinski definition) is 5. The normalized spacial score (nSPS) is 30.3. The van der Waals surface area contributed by atoms with Crippen LogP contribution in [0.4, 0.5) is 0 Å². The minimum atomic E-state index is -0.203. The molecule has 0 amide bonds. The van der Waals surface area contributed by atoms with Gasteiger partial charge in [-0.25, -0.2) is 5.01 Å². The Balaban J connectivity index is 2.24. The van der Waals surface area contributed by atoms with Crippen LogP contribution in [0.5, 0.6) is 0 Å². The van der Waals surface area contributed by atoms with Gasteiger partial charge >= 0.3 is 0 Å². The lowest BCUT2D eigenvalue weighted by molar-refractivity contribution is 0.213. The van der Waals surface area contributed by atoms with Crippen molar-refractivity contribution in [3.8, 4) is 0 Å². The van der Waals surface area contributed by atoms with E-state index in [-0.39, 0.29) is 12.4 Å².